The van der Waals surface area contributed by atoms with Crippen LogP contribution in [0.5, 0.6) is 17.2 Å². The average Bonchev–Trinajstić information content (AvgIpc) is 2.82. The molecule has 0 spiro atoms. The molecular weight excluding hydrogens is 424 g/mol. The van der Waals surface area contributed by atoms with Crippen LogP contribution in [-0.2, 0) is 0 Å². The van der Waals surface area contributed by atoms with Crippen molar-refractivity contribution in [2.45, 2.75) is 65.1 Å². The third kappa shape index (κ3) is 6.63. The SMILES string of the molecule is CC(C)Oc1ccc(OCCCN2CCC(c3cnc4ccccc4c3)CC2)c(OC(C)C)c1. The number of aromatic nitrogens is 1. The van der Waals surface area contributed by atoms with Crippen molar-refractivity contribution in [1.29, 1.82) is 0 Å². The van der Waals surface area contributed by atoms with Gasteiger partial charge < -0.3 is 19.1 Å². The molecule has 0 N–H and O–H groups in total. The maximum absolute atomic E-state index is 6.10. The quantitative estimate of drug-likeness (QED) is 0.324. The molecule has 0 saturated carbocycles. The second-order valence-electron chi connectivity index (χ2n) is 9.72. The van der Waals surface area contributed by atoms with Crippen LogP contribution in [0.1, 0.15) is 58.4 Å². The highest BCUT2D eigenvalue weighted by atomic mass is 16.5. The fourth-order valence-corrected chi connectivity index (χ4v) is 4.57. The Kier molecular flexibility index (Phi) is 8.28. The normalized spacial score (nSPS) is 15.2. The van der Waals surface area contributed by atoms with Gasteiger partial charge in [-0.25, -0.2) is 0 Å². The summed E-state index contributed by atoms with van der Waals surface area (Å²) < 4.78 is 17.9. The zero-order chi connectivity index (χ0) is 23.9. The first-order valence-electron chi connectivity index (χ1n) is 12.6. The summed E-state index contributed by atoms with van der Waals surface area (Å²) in [7, 11) is 0. The molecule has 0 radical (unpaired) electrons. The van der Waals surface area contributed by atoms with Crippen molar-refractivity contribution in [3.05, 3.63) is 60.3 Å². The van der Waals surface area contributed by atoms with E-state index >= 15 is 0 Å². The summed E-state index contributed by atoms with van der Waals surface area (Å²) in [5, 5.41) is 1.24. The molecule has 0 amide bonds. The van der Waals surface area contributed by atoms with Crippen LogP contribution in [0.2, 0.25) is 0 Å². The maximum atomic E-state index is 6.10. The summed E-state index contributed by atoms with van der Waals surface area (Å²) in [5.74, 6) is 2.94. The Bertz CT molecular complexity index is 1060. The molecule has 0 bridgehead atoms. The minimum Gasteiger partial charge on any atom is -0.491 e. The van der Waals surface area contributed by atoms with E-state index in [0.717, 1.165) is 48.8 Å². The number of piperidine rings is 1. The molecule has 1 fully saturated rings. The molecule has 182 valence electrons. The van der Waals surface area contributed by atoms with Gasteiger partial charge in [-0.05, 0) is 95.8 Å². The average molecular weight is 463 g/mol. The van der Waals surface area contributed by atoms with Crippen LogP contribution in [0.3, 0.4) is 0 Å². The molecule has 0 unspecified atom stereocenters. The van der Waals surface area contributed by atoms with Gasteiger partial charge in [-0.15, -0.1) is 0 Å². The topological polar surface area (TPSA) is 43.8 Å². The lowest BCUT2D eigenvalue weighted by Crippen LogP contribution is -2.34. The summed E-state index contributed by atoms with van der Waals surface area (Å²) in [5.41, 5.74) is 2.46. The van der Waals surface area contributed by atoms with Crippen molar-refractivity contribution in [3.63, 3.8) is 0 Å². The van der Waals surface area contributed by atoms with Gasteiger partial charge in [0, 0.05) is 24.2 Å². The monoisotopic (exact) mass is 462 g/mol. The van der Waals surface area contributed by atoms with Crippen molar-refractivity contribution in [3.8, 4) is 17.2 Å². The zero-order valence-electron chi connectivity index (χ0n) is 21.0. The number of hydrogen-bond acceptors (Lipinski definition) is 5. The van der Waals surface area contributed by atoms with Gasteiger partial charge in [-0.3, -0.25) is 4.98 Å². The lowest BCUT2D eigenvalue weighted by atomic mass is 9.90. The molecule has 4 rings (SSSR count). The molecule has 3 aromatic rings. The van der Waals surface area contributed by atoms with Crippen LogP contribution in [0.4, 0.5) is 0 Å². The van der Waals surface area contributed by atoms with Crippen LogP contribution in [0.15, 0.2) is 54.7 Å². The van der Waals surface area contributed by atoms with E-state index in [2.05, 4.69) is 40.3 Å². The van der Waals surface area contributed by atoms with Gasteiger partial charge in [0.15, 0.2) is 11.5 Å². The molecule has 2 heterocycles. The maximum Gasteiger partial charge on any atom is 0.165 e. The molecule has 5 nitrogen and oxygen atoms in total. The van der Waals surface area contributed by atoms with E-state index in [1.54, 1.807) is 0 Å². The fourth-order valence-electron chi connectivity index (χ4n) is 4.57. The Labute approximate surface area is 204 Å². The van der Waals surface area contributed by atoms with Crippen LogP contribution in [0.25, 0.3) is 10.9 Å². The standard InChI is InChI=1S/C29H38N2O3/c1-21(2)33-26-10-11-28(29(19-26)34-22(3)4)32-17-7-14-31-15-12-23(13-16-31)25-18-24-8-5-6-9-27(24)30-20-25/h5-6,8-11,18-23H,7,12-17H2,1-4H3. The molecule has 1 aliphatic heterocycles. The first-order valence-corrected chi connectivity index (χ1v) is 12.6. The van der Waals surface area contributed by atoms with Crippen molar-refractivity contribution >= 4 is 10.9 Å². The Morgan fingerprint density at radius 1 is 0.912 bits per heavy atom. The minimum atomic E-state index is 0.0794. The number of para-hydroxylation sites is 1. The van der Waals surface area contributed by atoms with Crippen molar-refractivity contribution in [2.75, 3.05) is 26.2 Å². The number of pyridine rings is 1. The predicted octanol–water partition coefficient (Wildman–Crippen LogP) is 6.46. The van der Waals surface area contributed by atoms with Gasteiger partial charge in [0.05, 0.1) is 24.3 Å². The van der Waals surface area contributed by atoms with Crippen molar-refractivity contribution in [2.24, 2.45) is 0 Å². The van der Waals surface area contributed by atoms with Crippen LogP contribution >= 0.6 is 0 Å². The largest absolute Gasteiger partial charge is 0.491 e. The molecule has 1 aromatic heterocycles. The molecule has 0 aliphatic carbocycles. The Morgan fingerprint density at radius 2 is 1.68 bits per heavy atom. The van der Waals surface area contributed by atoms with Gasteiger partial charge in [-0.1, -0.05) is 18.2 Å². The third-order valence-corrected chi connectivity index (χ3v) is 6.20. The first-order chi connectivity index (χ1) is 16.5. The van der Waals surface area contributed by atoms with Crippen LogP contribution in [0, 0.1) is 0 Å². The summed E-state index contributed by atoms with van der Waals surface area (Å²) in [6, 6.07) is 16.5. The summed E-state index contributed by atoms with van der Waals surface area (Å²) in [6.07, 6.45) is 5.64. The van der Waals surface area contributed by atoms with Gasteiger partial charge in [0.1, 0.15) is 5.75 Å². The lowest BCUT2D eigenvalue weighted by Gasteiger charge is -2.32. The minimum absolute atomic E-state index is 0.0794. The van der Waals surface area contributed by atoms with Crippen molar-refractivity contribution in [1.82, 2.24) is 9.88 Å². The Hall–Kier alpha value is -2.79. The Morgan fingerprint density at radius 3 is 2.44 bits per heavy atom. The second-order valence-corrected chi connectivity index (χ2v) is 9.72. The van der Waals surface area contributed by atoms with E-state index in [4.69, 9.17) is 14.2 Å². The van der Waals surface area contributed by atoms with E-state index in [-0.39, 0.29) is 12.2 Å². The number of ether oxygens (including phenoxy) is 3. The molecular formula is C29H38N2O3. The number of fused-ring (bicyclic) bond motifs is 1. The van der Waals surface area contributed by atoms with Crippen molar-refractivity contribution < 1.29 is 14.2 Å². The molecule has 5 heteroatoms. The highest BCUT2D eigenvalue weighted by molar-refractivity contribution is 5.78. The molecule has 0 atom stereocenters. The van der Waals surface area contributed by atoms with Gasteiger partial charge in [-0.2, -0.15) is 0 Å². The summed E-state index contributed by atoms with van der Waals surface area (Å²) >= 11 is 0. The number of likely N-dealkylation sites (tertiary alicyclic amines) is 1. The van der Waals surface area contributed by atoms with E-state index in [1.807, 2.05) is 52.0 Å². The summed E-state index contributed by atoms with van der Waals surface area (Å²) in [6.45, 7) is 12.1. The third-order valence-electron chi connectivity index (χ3n) is 6.20. The van der Waals surface area contributed by atoms with E-state index in [9.17, 15) is 0 Å². The lowest BCUT2D eigenvalue weighted by molar-refractivity contribution is 0.185. The van der Waals surface area contributed by atoms with Crippen LogP contribution < -0.4 is 14.2 Å². The fraction of sp³-hybridized carbons (Fsp3) is 0.483. The molecule has 1 aliphatic rings. The number of hydrogen-bond donors (Lipinski definition) is 0. The van der Waals surface area contributed by atoms with E-state index < -0.39 is 0 Å². The molecule has 1 saturated heterocycles. The zero-order valence-corrected chi connectivity index (χ0v) is 21.0. The van der Waals surface area contributed by atoms with Gasteiger partial charge in [0.2, 0.25) is 0 Å². The number of rotatable bonds is 10. The molecule has 34 heavy (non-hydrogen) atoms. The number of nitrogens with zero attached hydrogens (tertiary/aromatic N) is 2. The van der Waals surface area contributed by atoms with Crippen LogP contribution in [-0.4, -0.2) is 48.3 Å². The number of benzene rings is 2. The summed E-state index contributed by atoms with van der Waals surface area (Å²) in [4.78, 5) is 7.22. The van der Waals surface area contributed by atoms with Gasteiger partial charge >= 0.3 is 0 Å². The smallest absolute Gasteiger partial charge is 0.165 e. The van der Waals surface area contributed by atoms with E-state index in [0.29, 0.717) is 12.5 Å². The Balaban J connectivity index is 1.24. The second kappa shape index (κ2) is 11.6. The molecule has 2 aromatic carbocycles. The highest BCUT2D eigenvalue weighted by Crippen LogP contribution is 2.33. The van der Waals surface area contributed by atoms with Gasteiger partial charge in [0.25, 0.3) is 0 Å². The highest BCUT2D eigenvalue weighted by Gasteiger charge is 2.21. The first kappa shape index (κ1) is 24.3. The predicted molar refractivity (Wildman–Crippen MR) is 138 cm³/mol. The van der Waals surface area contributed by atoms with E-state index in [1.165, 1.54) is 23.8 Å².